The summed E-state index contributed by atoms with van der Waals surface area (Å²) < 4.78 is 2.08. The van der Waals surface area contributed by atoms with Gasteiger partial charge in [0.1, 0.15) is 0 Å². The molecule has 180 valence electrons. The molecule has 34 heavy (non-hydrogen) atoms. The van der Waals surface area contributed by atoms with Crippen molar-refractivity contribution in [2.45, 2.75) is 51.6 Å². The van der Waals surface area contributed by atoms with Crippen molar-refractivity contribution in [3.8, 4) is 0 Å². The Hall–Kier alpha value is -2.48. The largest absolute Gasteiger partial charge is 0.369 e. The Morgan fingerprint density at radius 2 is 1.82 bits per heavy atom. The zero-order valence-corrected chi connectivity index (χ0v) is 20.5. The number of amides is 1. The summed E-state index contributed by atoms with van der Waals surface area (Å²) in [6, 6.07) is 10.3. The van der Waals surface area contributed by atoms with E-state index in [1.165, 1.54) is 23.2 Å². The summed E-state index contributed by atoms with van der Waals surface area (Å²) in [6.07, 6.45) is 5.93. The van der Waals surface area contributed by atoms with Gasteiger partial charge < -0.3 is 5.73 Å². The maximum absolute atomic E-state index is 11.5. The molecule has 1 unspecified atom stereocenters. The number of carbonyl (C=O) groups is 1. The highest BCUT2D eigenvalue weighted by Crippen LogP contribution is 2.30. The predicted octanol–water partition coefficient (Wildman–Crippen LogP) is 3.77. The molecule has 2 N–H and O–H groups in total. The van der Waals surface area contributed by atoms with E-state index in [-0.39, 0.29) is 11.8 Å². The Balaban J connectivity index is 1.32. The average Bonchev–Trinajstić information content (AvgIpc) is 3.16. The third-order valence-corrected chi connectivity index (χ3v) is 7.71. The van der Waals surface area contributed by atoms with E-state index in [4.69, 9.17) is 27.4 Å². The van der Waals surface area contributed by atoms with Crippen LogP contribution in [0.4, 0.5) is 0 Å². The van der Waals surface area contributed by atoms with Crippen molar-refractivity contribution >= 4 is 23.2 Å². The van der Waals surface area contributed by atoms with Crippen molar-refractivity contribution in [2.24, 2.45) is 11.7 Å². The number of nitrogens with zero attached hydrogens (tertiary/aromatic N) is 5. The van der Waals surface area contributed by atoms with Crippen LogP contribution in [0.5, 0.6) is 0 Å². The molecule has 0 saturated carbocycles. The summed E-state index contributed by atoms with van der Waals surface area (Å²) in [5, 5.41) is 5.72. The quantitative estimate of drug-likeness (QED) is 0.581. The number of hydrogen-bond acceptors (Lipinski definition) is 5. The lowest BCUT2D eigenvalue weighted by molar-refractivity contribution is -0.123. The van der Waals surface area contributed by atoms with Gasteiger partial charge in [-0.2, -0.15) is 5.10 Å². The van der Waals surface area contributed by atoms with Gasteiger partial charge in [-0.15, -0.1) is 0 Å². The maximum atomic E-state index is 11.5. The number of nitrogens with two attached hydrogens (primary N) is 1. The lowest BCUT2D eigenvalue weighted by Gasteiger charge is -2.33. The van der Waals surface area contributed by atoms with Crippen LogP contribution in [0.25, 0.3) is 5.65 Å². The normalized spacial score (nSPS) is 20.7. The Kier molecular flexibility index (Phi) is 6.86. The minimum absolute atomic E-state index is 0.00750. The van der Waals surface area contributed by atoms with Gasteiger partial charge in [0.25, 0.3) is 0 Å². The van der Waals surface area contributed by atoms with Gasteiger partial charge in [0, 0.05) is 48.3 Å². The number of benzene rings is 1. The number of carbonyl (C=O) groups excluding carboxylic acids is 1. The van der Waals surface area contributed by atoms with Gasteiger partial charge >= 0.3 is 0 Å². The number of halogens is 1. The van der Waals surface area contributed by atoms with E-state index < -0.39 is 0 Å². The van der Waals surface area contributed by atoms with Gasteiger partial charge in [-0.05, 0) is 76.0 Å². The fourth-order valence-corrected chi connectivity index (χ4v) is 5.62. The number of rotatable bonds is 6. The first-order valence-corrected chi connectivity index (χ1v) is 12.7. The van der Waals surface area contributed by atoms with Crippen LogP contribution in [0, 0.1) is 12.8 Å². The highest BCUT2D eigenvalue weighted by molar-refractivity contribution is 6.30. The highest BCUT2D eigenvalue weighted by atomic mass is 35.5. The first-order chi connectivity index (χ1) is 16.5. The summed E-state index contributed by atoms with van der Waals surface area (Å²) in [6.45, 7) is 7.71. The molecule has 0 bridgehead atoms. The van der Waals surface area contributed by atoms with Crippen molar-refractivity contribution < 1.29 is 4.79 Å². The second kappa shape index (κ2) is 10.0. The zero-order valence-electron chi connectivity index (χ0n) is 19.8. The number of aromatic nitrogens is 3. The molecule has 2 aliphatic rings. The molecule has 0 aliphatic carbocycles. The molecule has 7 nitrogen and oxygen atoms in total. The predicted molar refractivity (Wildman–Crippen MR) is 134 cm³/mol. The summed E-state index contributed by atoms with van der Waals surface area (Å²) in [7, 11) is 0. The Morgan fingerprint density at radius 3 is 2.56 bits per heavy atom. The highest BCUT2D eigenvalue weighted by Gasteiger charge is 2.27. The Labute approximate surface area is 205 Å². The number of piperidine rings is 2. The molecule has 2 aliphatic heterocycles. The van der Waals surface area contributed by atoms with E-state index in [2.05, 4.69) is 39.4 Å². The fourth-order valence-electron chi connectivity index (χ4n) is 5.50. The topological polar surface area (TPSA) is 79.8 Å². The number of fused-ring (bicyclic) bond motifs is 1. The Bertz CT molecular complexity index is 1150. The summed E-state index contributed by atoms with van der Waals surface area (Å²) >= 11 is 6.06. The summed E-state index contributed by atoms with van der Waals surface area (Å²) in [5.41, 5.74) is 11.2. The second-order valence-electron chi connectivity index (χ2n) is 9.82. The van der Waals surface area contributed by atoms with E-state index in [1.807, 2.05) is 18.3 Å². The third kappa shape index (κ3) is 4.97. The lowest BCUT2D eigenvalue weighted by Crippen LogP contribution is -2.38. The molecule has 2 fully saturated rings. The van der Waals surface area contributed by atoms with Gasteiger partial charge in [-0.1, -0.05) is 23.7 Å². The third-order valence-electron chi connectivity index (χ3n) is 7.46. The number of likely N-dealkylation sites (tertiary alicyclic amines) is 2. The smallest absolute Gasteiger partial charge is 0.220 e. The van der Waals surface area contributed by atoms with Crippen LogP contribution < -0.4 is 5.73 Å². The maximum Gasteiger partial charge on any atom is 0.220 e. The van der Waals surface area contributed by atoms with Crippen LogP contribution in [0.3, 0.4) is 0 Å². The average molecular weight is 481 g/mol. The van der Waals surface area contributed by atoms with E-state index in [0.29, 0.717) is 5.92 Å². The second-order valence-corrected chi connectivity index (χ2v) is 10.3. The molecule has 1 atom stereocenters. The van der Waals surface area contributed by atoms with Crippen molar-refractivity contribution in [1.82, 2.24) is 24.4 Å². The van der Waals surface area contributed by atoms with Crippen molar-refractivity contribution in [3.63, 3.8) is 0 Å². The fraction of sp³-hybridized carbons (Fsp3) is 0.500. The van der Waals surface area contributed by atoms with Gasteiger partial charge in [0.05, 0.1) is 11.4 Å². The molecule has 0 spiro atoms. The molecule has 3 aromatic rings. The lowest BCUT2D eigenvalue weighted by atomic mass is 9.94. The van der Waals surface area contributed by atoms with E-state index in [0.717, 1.165) is 74.9 Å². The van der Waals surface area contributed by atoms with E-state index in [1.54, 1.807) is 0 Å². The number of primary amides is 1. The van der Waals surface area contributed by atoms with Crippen LogP contribution in [-0.2, 0) is 17.9 Å². The van der Waals surface area contributed by atoms with Crippen LogP contribution in [-0.4, -0.2) is 56.5 Å². The van der Waals surface area contributed by atoms with Gasteiger partial charge in [-0.25, -0.2) is 9.50 Å². The SMILES string of the molecule is Cc1nn2c(C3CCCN(Cc4ccc(Cl)cc4)C3)ccnc2c1CN1CCC(C(N)=O)CC1. The minimum atomic E-state index is -0.171. The molecular formula is C26H33ClN6O. The minimum Gasteiger partial charge on any atom is -0.369 e. The molecule has 0 radical (unpaired) electrons. The Morgan fingerprint density at radius 1 is 1.06 bits per heavy atom. The van der Waals surface area contributed by atoms with Gasteiger partial charge in [0.15, 0.2) is 5.65 Å². The van der Waals surface area contributed by atoms with Crippen LogP contribution in [0.15, 0.2) is 36.5 Å². The zero-order chi connectivity index (χ0) is 23.7. The number of aryl methyl sites for hydroxylation is 1. The first-order valence-electron chi connectivity index (χ1n) is 12.3. The molecule has 2 aromatic heterocycles. The monoisotopic (exact) mass is 480 g/mol. The van der Waals surface area contributed by atoms with E-state index >= 15 is 0 Å². The van der Waals surface area contributed by atoms with Gasteiger partial charge in [0.2, 0.25) is 5.91 Å². The van der Waals surface area contributed by atoms with Crippen molar-refractivity contribution in [1.29, 1.82) is 0 Å². The molecule has 2 saturated heterocycles. The van der Waals surface area contributed by atoms with Crippen LogP contribution >= 0.6 is 11.6 Å². The van der Waals surface area contributed by atoms with Gasteiger partial charge in [-0.3, -0.25) is 14.6 Å². The van der Waals surface area contributed by atoms with Crippen LogP contribution in [0.2, 0.25) is 5.02 Å². The van der Waals surface area contributed by atoms with E-state index in [9.17, 15) is 4.79 Å². The molecule has 1 amide bonds. The van der Waals surface area contributed by atoms with Crippen molar-refractivity contribution in [3.05, 3.63) is 64.1 Å². The number of hydrogen-bond donors (Lipinski definition) is 1. The summed E-state index contributed by atoms with van der Waals surface area (Å²) in [5.74, 6) is 0.258. The van der Waals surface area contributed by atoms with Crippen LogP contribution in [0.1, 0.15) is 54.1 Å². The molecular weight excluding hydrogens is 448 g/mol. The molecule has 5 rings (SSSR count). The molecule has 4 heterocycles. The first kappa shape index (κ1) is 23.3. The molecule has 1 aromatic carbocycles. The van der Waals surface area contributed by atoms with Crippen molar-refractivity contribution in [2.75, 3.05) is 26.2 Å². The molecule has 8 heteroatoms. The standard InChI is InChI=1S/C26H33ClN6O/c1-18-23(17-31-13-9-20(10-14-31)25(28)34)26-29-11-8-24(33(26)30-18)21-3-2-12-32(16-21)15-19-4-6-22(27)7-5-19/h4-8,11,20-21H,2-3,9-10,12-17H2,1H3,(H2,28,34). The summed E-state index contributed by atoms with van der Waals surface area (Å²) in [4.78, 5) is 21.2.